The summed E-state index contributed by atoms with van der Waals surface area (Å²) in [6.07, 6.45) is -0.215. The Balaban J connectivity index is 5.07. The molecule has 0 aliphatic carbocycles. The first-order chi connectivity index (χ1) is 13.1. The van der Waals surface area contributed by atoms with E-state index in [1.165, 1.54) is 18.7 Å². The molecule has 3 amide bonds. The number of primary amides is 1. The van der Waals surface area contributed by atoms with E-state index in [-0.39, 0.29) is 25.5 Å². The zero-order chi connectivity index (χ0) is 21.7. The maximum atomic E-state index is 12.7. The molecule has 0 fully saturated rings. The van der Waals surface area contributed by atoms with Crippen LogP contribution in [0.15, 0.2) is 0 Å². The van der Waals surface area contributed by atoms with Gasteiger partial charge in [-0.3, -0.25) is 14.2 Å². The molecule has 0 spiro atoms. The molecule has 13 heteroatoms. The SMILES string of the molecule is CCOP(=O)(OCC)C(C)NC(=O)C(CCl)NC(=O)C(CCSC)OC(N)=O. The number of thioether (sulfide) groups is 1. The Morgan fingerprint density at radius 3 is 2.14 bits per heavy atom. The zero-order valence-electron chi connectivity index (χ0n) is 16.4. The highest BCUT2D eigenvalue weighted by atomic mass is 35.5. The number of alkyl halides is 1. The number of nitrogens with one attached hydrogen (secondary N) is 2. The lowest BCUT2D eigenvalue weighted by Crippen LogP contribution is -2.53. The van der Waals surface area contributed by atoms with Gasteiger partial charge in [0.2, 0.25) is 5.91 Å². The van der Waals surface area contributed by atoms with E-state index in [2.05, 4.69) is 10.6 Å². The Hall–Kier alpha value is -1.00. The molecule has 3 atom stereocenters. The molecular formula is C15H29ClN3O7PS. The van der Waals surface area contributed by atoms with Crippen LogP contribution in [0.3, 0.4) is 0 Å². The minimum atomic E-state index is -3.58. The molecule has 0 aromatic heterocycles. The molecular weight excluding hydrogens is 433 g/mol. The largest absolute Gasteiger partial charge is 0.436 e. The van der Waals surface area contributed by atoms with Crippen molar-refractivity contribution in [2.45, 2.75) is 45.1 Å². The van der Waals surface area contributed by atoms with E-state index in [4.69, 9.17) is 31.1 Å². The van der Waals surface area contributed by atoms with Gasteiger partial charge in [0.15, 0.2) is 6.10 Å². The number of hydrogen-bond donors (Lipinski definition) is 3. The minimum Gasteiger partial charge on any atom is -0.436 e. The van der Waals surface area contributed by atoms with Crippen molar-refractivity contribution in [2.75, 3.05) is 31.1 Å². The third-order valence-electron chi connectivity index (χ3n) is 3.37. The maximum Gasteiger partial charge on any atom is 0.405 e. The predicted octanol–water partition coefficient (Wildman–Crippen LogP) is 1.66. The van der Waals surface area contributed by atoms with Crippen LogP contribution in [0, 0.1) is 0 Å². The van der Waals surface area contributed by atoms with Crippen molar-refractivity contribution >= 4 is 48.9 Å². The second-order valence-electron chi connectivity index (χ2n) is 5.48. The summed E-state index contributed by atoms with van der Waals surface area (Å²) in [4.78, 5) is 35.8. The fourth-order valence-electron chi connectivity index (χ4n) is 2.05. The van der Waals surface area contributed by atoms with E-state index < -0.39 is 43.4 Å². The van der Waals surface area contributed by atoms with E-state index in [0.717, 1.165) is 0 Å². The van der Waals surface area contributed by atoms with Crippen molar-refractivity contribution in [3.63, 3.8) is 0 Å². The summed E-state index contributed by atoms with van der Waals surface area (Å²) in [6, 6.07) is -1.15. The van der Waals surface area contributed by atoms with Crippen LogP contribution in [0.5, 0.6) is 0 Å². The van der Waals surface area contributed by atoms with Crippen LogP contribution in [0.4, 0.5) is 4.79 Å². The first-order valence-electron chi connectivity index (χ1n) is 8.65. The number of halogens is 1. The van der Waals surface area contributed by atoms with Gasteiger partial charge in [-0.05, 0) is 32.8 Å². The molecule has 0 aliphatic rings. The van der Waals surface area contributed by atoms with Crippen LogP contribution in [0.2, 0.25) is 0 Å². The highest BCUT2D eigenvalue weighted by molar-refractivity contribution is 7.98. The summed E-state index contributed by atoms with van der Waals surface area (Å²) in [5.74, 6) is -2.08. The number of carbonyl (C=O) groups excluding carboxylic acids is 3. The number of rotatable bonds is 14. The standard InChI is InChI=1S/C15H29ClN3O7PS/c1-5-24-27(23,25-6-2)10(3)18-13(20)11(9-16)19-14(21)12(7-8-28-4)26-15(17)22/h10-12H,5-9H2,1-4H3,(H2,17,22)(H,18,20)(H,19,21). The normalized spacial score (nSPS) is 14.6. The smallest absolute Gasteiger partial charge is 0.405 e. The van der Waals surface area contributed by atoms with Gasteiger partial charge in [0.25, 0.3) is 5.91 Å². The first-order valence-corrected chi connectivity index (χ1v) is 12.2. The third kappa shape index (κ3) is 9.47. The molecule has 0 aliphatic heterocycles. The Kier molecular flexibility index (Phi) is 13.6. The molecule has 3 unspecified atom stereocenters. The van der Waals surface area contributed by atoms with Crippen molar-refractivity contribution in [1.82, 2.24) is 10.6 Å². The van der Waals surface area contributed by atoms with Gasteiger partial charge in [-0.15, -0.1) is 11.6 Å². The predicted molar refractivity (Wildman–Crippen MR) is 109 cm³/mol. The van der Waals surface area contributed by atoms with E-state index in [0.29, 0.717) is 5.75 Å². The van der Waals surface area contributed by atoms with Crippen molar-refractivity contribution in [1.29, 1.82) is 0 Å². The van der Waals surface area contributed by atoms with Crippen LogP contribution >= 0.6 is 31.0 Å². The summed E-state index contributed by atoms with van der Waals surface area (Å²) < 4.78 is 27.8. The average Bonchev–Trinajstić information content (AvgIpc) is 2.62. The molecule has 10 nitrogen and oxygen atoms in total. The number of nitrogens with two attached hydrogens (primary N) is 1. The second-order valence-corrected chi connectivity index (χ2v) is 9.15. The molecule has 0 heterocycles. The van der Waals surface area contributed by atoms with Gasteiger partial charge in [-0.25, -0.2) is 4.79 Å². The topological polar surface area (TPSA) is 146 Å². The number of hydrogen-bond acceptors (Lipinski definition) is 8. The summed E-state index contributed by atoms with van der Waals surface area (Å²) >= 11 is 7.25. The number of amides is 3. The van der Waals surface area contributed by atoms with Gasteiger partial charge in [0, 0.05) is 6.42 Å². The fourth-order valence-corrected chi connectivity index (χ4v) is 4.25. The molecule has 164 valence electrons. The molecule has 4 N–H and O–H groups in total. The maximum absolute atomic E-state index is 12.7. The van der Waals surface area contributed by atoms with Crippen molar-refractivity contribution < 1.29 is 32.7 Å². The third-order valence-corrected chi connectivity index (χ3v) is 6.63. The summed E-state index contributed by atoms with van der Waals surface area (Å²) in [6.45, 7) is 5.03. The van der Waals surface area contributed by atoms with Gasteiger partial charge < -0.3 is 30.2 Å². The van der Waals surface area contributed by atoms with E-state index in [9.17, 15) is 18.9 Å². The summed E-state index contributed by atoms with van der Waals surface area (Å²) in [5, 5.41) is 4.89. The van der Waals surface area contributed by atoms with Crippen molar-refractivity contribution in [3.05, 3.63) is 0 Å². The van der Waals surface area contributed by atoms with E-state index >= 15 is 0 Å². The van der Waals surface area contributed by atoms with Gasteiger partial charge in [-0.2, -0.15) is 11.8 Å². The summed E-state index contributed by atoms with van der Waals surface area (Å²) in [5.41, 5.74) is 4.98. The van der Waals surface area contributed by atoms with Crippen molar-refractivity contribution in [3.8, 4) is 0 Å². The lowest BCUT2D eigenvalue weighted by molar-refractivity contribution is -0.133. The van der Waals surface area contributed by atoms with Crippen molar-refractivity contribution in [2.24, 2.45) is 5.73 Å². The van der Waals surface area contributed by atoms with Crippen LogP contribution in [-0.4, -0.2) is 66.9 Å². The zero-order valence-corrected chi connectivity index (χ0v) is 18.9. The van der Waals surface area contributed by atoms with Crippen LogP contribution in [0.1, 0.15) is 27.2 Å². The monoisotopic (exact) mass is 461 g/mol. The minimum absolute atomic E-state index is 0.134. The van der Waals surface area contributed by atoms with Gasteiger partial charge in [0.1, 0.15) is 11.8 Å². The Labute approximate surface area is 174 Å². The molecule has 0 aromatic carbocycles. The molecule has 0 bridgehead atoms. The molecule has 0 radical (unpaired) electrons. The first kappa shape index (κ1) is 27.0. The fraction of sp³-hybridized carbons (Fsp3) is 0.800. The quantitative estimate of drug-likeness (QED) is 0.261. The van der Waals surface area contributed by atoms with E-state index in [1.54, 1.807) is 13.8 Å². The van der Waals surface area contributed by atoms with Crippen LogP contribution < -0.4 is 16.4 Å². The Morgan fingerprint density at radius 1 is 1.14 bits per heavy atom. The second kappa shape index (κ2) is 14.1. The lowest BCUT2D eigenvalue weighted by atomic mass is 10.2. The van der Waals surface area contributed by atoms with Crippen LogP contribution in [0.25, 0.3) is 0 Å². The molecule has 28 heavy (non-hydrogen) atoms. The number of ether oxygens (including phenoxy) is 1. The summed E-state index contributed by atoms with van der Waals surface area (Å²) in [7, 11) is -3.58. The Bertz CT molecular complexity index is 560. The van der Waals surface area contributed by atoms with Gasteiger partial charge >= 0.3 is 13.7 Å². The van der Waals surface area contributed by atoms with Crippen LogP contribution in [-0.2, 0) is 27.9 Å². The van der Waals surface area contributed by atoms with Gasteiger partial charge in [0.05, 0.1) is 19.1 Å². The Morgan fingerprint density at radius 2 is 1.71 bits per heavy atom. The highest BCUT2D eigenvalue weighted by Crippen LogP contribution is 2.51. The highest BCUT2D eigenvalue weighted by Gasteiger charge is 2.35. The molecule has 0 saturated heterocycles. The lowest BCUT2D eigenvalue weighted by Gasteiger charge is -2.26. The number of carbonyl (C=O) groups is 3. The van der Waals surface area contributed by atoms with Gasteiger partial charge in [-0.1, -0.05) is 0 Å². The molecule has 0 rings (SSSR count). The van der Waals surface area contributed by atoms with E-state index in [1.807, 2.05) is 6.26 Å². The molecule has 0 saturated carbocycles. The molecule has 0 aromatic rings. The average molecular weight is 462 g/mol.